The molecule has 1 unspecified atom stereocenters. The number of urea groups is 1. The van der Waals surface area contributed by atoms with E-state index in [9.17, 15) is 9.59 Å². The zero-order valence-corrected chi connectivity index (χ0v) is 30.4. The Morgan fingerprint density at radius 3 is 2.17 bits per heavy atom. The monoisotopic (exact) mass is 703 g/mol. The fraction of sp³-hybridized carbons (Fsp3) is 0.325. The Labute approximate surface area is 303 Å². The second-order valence-corrected chi connectivity index (χ2v) is 13.9. The molecular formula is C40H45N7O5. The Hall–Kier alpha value is -5.75. The number of carbonyl (C=O) groups excluding carboxylic acids is 2. The van der Waals surface area contributed by atoms with Crippen LogP contribution >= 0.6 is 0 Å². The average Bonchev–Trinajstić information content (AvgIpc) is 3.57. The zero-order chi connectivity index (χ0) is 36.8. The van der Waals surface area contributed by atoms with Crippen molar-refractivity contribution in [2.45, 2.75) is 51.9 Å². The molecule has 3 aromatic carbocycles. The van der Waals surface area contributed by atoms with Gasteiger partial charge in [-0.25, -0.2) is 9.48 Å². The van der Waals surface area contributed by atoms with Crippen molar-refractivity contribution in [3.8, 4) is 29.2 Å². The lowest BCUT2D eigenvalue weighted by Gasteiger charge is -2.30. The normalized spacial score (nSPS) is 14.0. The van der Waals surface area contributed by atoms with Crippen LogP contribution in [0.4, 0.5) is 16.3 Å². The molecule has 0 bridgehead atoms. The average molecular weight is 704 g/mol. The van der Waals surface area contributed by atoms with Gasteiger partial charge in [-0.1, -0.05) is 62.7 Å². The number of amides is 2. The number of hydrogen-bond acceptors (Lipinski definition) is 9. The summed E-state index contributed by atoms with van der Waals surface area (Å²) in [6, 6.07) is 25.6. The molecule has 3 N–H and O–H groups in total. The first-order valence-electron chi connectivity index (χ1n) is 17.4. The van der Waals surface area contributed by atoms with Crippen LogP contribution in [-0.4, -0.2) is 58.9 Å². The number of rotatable bonds is 11. The lowest BCUT2D eigenvalue weighted by Crippen LogP contribution is -2.33. The highest BCUT2D eigenvalue weighted by atomic mass is 16.5. The van der Waals surface area contributed by atoms with Crippen molar-refractivity contribution in [3.63, 3.8) is 0 Å². The van der Waals surface area contributed by atoms with Gasteiger partial charge in [0.2, 0.25) is 11.8 Å². The van der Waals surface area contributed by atoms with Gasteiger partial charge >= 0.3 is 12.0 Å². The van der Waals surface area contributed by atoms with E-state index in [-0.39, 0.29) is 23.1 Å². The Bertz CT molecular complexity index is 1990. The highest BCUT2D eigenvalue weighted by Gasteiger charge is 2.32. The maximum atomic E-state index is 14.3. The summed E-state index contributed by atoms with van der Waals surface area (Å²) in [7, 11) is 2.99. The number of anilines is 2. The summed E-state index contributed by atoms with van der Waals surface area (Å²) < 4.78 is 18.2. The standard InChI is InChI=1S/C40H45N7O5/c1-25-10-16-30(17-11-25)47-33(23-32(46-47)40(2,3)4)43-38(49)42-29-14-12-26(13-15-29)36(27-18-20-41-21-19-27)37(48)28-8-7-9-31(22-28)52-39-44-34(50-5)24-35(45-39)51-6/h7-17,22-24,27,36,41H,18-21H2,1-6H3,(H2,42,43,49). The minimum atomic E-state index is -0.401. The smallest absolute Gasteiger partial charge is 0.328 e. The number of nitrogens with one attached hydrogen (secondary N) is 3. The highest BCUT2D eigenvalue weighted by Crippen LogP contribution is 2.36. The second-order valence-electron chi connectivity index (χ2n) is 13.9. The molecule has 1 aliphatic rings. The summed E-state index contributed by atoms with van der Waals surface area (Å²) in [6.07, 6.45) is 1.72. The zero-order valence-electron chi connectivity index (χ0n) is 30.4. The number of Topliss-reactive ketones (excluding diaryl/α,β-unsaturated/α-hetero) is 1. The fourth-order valence-corrected chi connectivity index (χ4v) is 6.22. The number of hydrogen-bond donors (Lipinski definition) is 3. The first kappa shape index (κ1) is 36.1. The van der Waals surface area contributed by atoms with Crippen molar-refractivity contribution in [2.24, 2.45) is 5.92 Å². The number of nitrogens with zero attached hydrogens (tertiary/aromatic N) is 4. The molecule has 0 saturated carbocycles. The molecule has 1 aliphatic heterocycles. The maximum Gasteiger partial charge on any atom is 0.328 e. The van der Waals surface area contributed by atoms with Crippen LogP contribution in [0.3, 0.4) is 0 Å². The number of ketones is 1. The Balaban J connectivity index is 1.20. The molecule has 5 aromatic rings. The van der Waals surface area contributed by atoms with Gasteiger partial charge in [0.1, 0.15) is 11.6 Å². The van der Waals surface area contributed by atoms with Gasteiger partial charge in [0.05, 0.1) is 37.6 Å². The van der Waals surface area contributed by atoms with Gasteiger partial charge in [0.15, 0.2) is 5.78 Å². The van der Waals surface area contributed by atoms with E-state index in [1.54, 1.807) is 35.0 Å². The molecule has 2 aromatic heterocycles. The molecule has 0 radical (unpaired) electrons. The molecule has 6 rings (SSSR count). The summed E-state index contributed by atoms with van der Waals surface area (Å²) in [6.45, 7) is 9.96. The number of aryl methyl sites for hydroxylation is 1. The predicted octanol–water partition coefficient (Wildman–Crippen LogP) is 7.69. The Morgan fingerprint density at radius 1 is 0.865 bits per heavy atom. The fourth-order valence-electron chi connectivity index (χ4n) is 6.22. The SMILES string of the molecule is COc1cc(OC)nc(Oc2cccc(C(=O)C(c3ccc(NC(=O)Nc4cc(C(C)(C)C)nn4-c4ccc(C)cc4)cc3)C3CCNCC3)c2)n1. The summed E-state index contributed by atoms with van der Waals surface area (Å²) in [5.41, 5.74) is 4.61. The summed E-state index contributed by atoms with van der Waals surface area (Å²) in [5.74, 6) is 1.27. The Morgan fingerprint density at radius 2 is 1.54 bits per heavy atom. The summed E-state index contributed by atoms with van der Waals surface area (Å²) >= 11 is 0. The van der Waals surface area contributed by atoms with E-state index in [1.165, 1.54) is 14.2 Å². The van der Waals surface area contributed by atoms with Crippen LogP contribution in [0.2, 0.25) is 0 Å². The molecular weight excluding hydrogens is 658 g/mol. The molecule has 3 heterocycles. The third-order valence-electron chi connectivity index (χ3n) is 9.07. The maximum absolute atomic E-state index is 14.3. The Kier molecular flexibility index (Phi) is 10.8. The van der Waals surface area contributed by atoms with Crippen LogP contribution in [-0.2, 0) is 5.41 Å². The lowest BCUT2D eigenvalue weighted by molar-refractivity contribution is 0.0915. The molecule has 52 heavy (non-hydrogen) atoms. The molecule has 12 nitrogen and oxygen atoms in total. The molecule has 1 fully saturated rings. The molecule has 1 atom stereocenters. The van der Waals surface area contributed by atoms with Gasteiger partial charge in [-0.05, 0) is 80.7 Å². The largest absolute Gasteiger partial charge is 0.481 e. The highest BCUT2D eigenvalue weighted by molar-refractivity contribution is 6.02. The number of piperidine rings is 1. The lowest BCUT2D eigenvalue weighted by atomic mass is 9.76. The van der Waals surface area contributed by atoms with Gasteiger partial charge in [-0.3, -0.25) is 10.1 Å². The van der Waals surface area contributed by atoms with Gasteiger partial charge in [-0.2, -0.15) is 15.1 Å². The third kappa shape index (κ3) is 8.57. The first-order chi connectivity index (χ1) is 25.0. The van der Waals surface area contributed by atoms with Crippen molar-refractivity contribution in [1.29, 1.82) is 0 Å². The third-order valence-corrected chi connectivity index (χ3v) is 9.07. The van der Waals surface area contributed by atoms with Gasteiger partial charge in [0.25, 0.3) is 0 Å². The van der Waals surface area contributed by atoms with E-state index < -0.39 is 11.9 Å². The number of benzene rings is 3. The first-order valence-corrected chi connectivity index (χ1v) is 17.4. The minimum Gasteiger partial charge on any atom is -0.481 e. The number of ether oxygens (including phenoxy) is 3. The molecule has 2 amide bonds. The molecule has 12 heteroatoms. The molecule has 0 aliphatic carbocycles. The number of carbonyl (C=O) groups is 2. The molecule has 0 spiro atoms. The van der Waals surface area contributed by atoms with Crippen LogP contribution in [0.25, 0.3) is 5.69 Å². The van der Waals surface area contributed by atoms with Crippen molar-refractivity contribution < 1.29 is 23.8 Å². The van der Waals surface area contributed by atoms with E-state index in [2.05, 4.69) is 46.7 Å². The summed E-state index contributed by atoms with van der Waals surface area (Å²) in [4.78, 5) is 36.1. The van der Waals surface area contributed by atoms with Gasteiger partial charge in [0, 0.05) is 22.7 Å². The van der Waals surface area contributed by atoms with Crippen LogP contribution in [0.15, 0.2) is 84.9 Å². The van der Waals surface area contributed by atoms with Crippen LogP contribution in [0.1, 0.15) is 66.7 Å². The van der Waals surface area contributed by atoms with Crippen molar-refractivity contribution >= 4 is 23.3 Å². The minimum absolute atomic E-state index is 0.0148. The quantitative estimate of drug-likeness (QED) is 0.118. The molecule has 270 valence electrons. The van der Waals surface area contributed by atoms with E-state index in [4.69, 9.17) is 19.3 Å². The topological polar surface area (TPSA) is 142 Å². The van der Waals surface area contributed by atoms with Crippen LogP contribution < -0.4 is 30.2 Å². The van der Waals surface area contributed by atoms with Crippen LogP contribution in [0, 0.1) is 12.8 Å². The van der Waals surface area contributed by atoms with E-state index >= 15 is 0 Å². The van der Waals surface area contributed by atoms with Crippen LogP contribution in [0.5, 0.6) is 23.5 Å². The predicted molar refractivity (Wildman–Crippen MR) is 200 cm³/mol. The van der Waals surface area contributed by atoms with E-state index in [1.807, 2.05) is 61.5 Å². The number of aromatic nitrogens is 4. The number of methoxy groups -OCH3 is 2. The van der Waals surface area contributed by atoms with Crippen molar-refractivity contribution in [2.75, 3.05) is 37.9 Å². The summed E-state index contributed by atoms with van der Waals surface area (Å²) in [5, 5.41) is 14.1. The van der Waals surface area contributed by atoms with Gasteiger partial charge in [-0.15, -0.1) is 0 Å². The van der Waals surface area contributed by atoms with Crippen molar-refractivity contribution in [3.05, 3.63) is 107 Å². The van der Waals surface area contributed by atoms with E-state index in [0.29, 0.717) is 34.6 Å². The molecule has 1 saturated heterocycles. The second kappa shape index (κ2) is 15.6. The van der Waals surface area contributed by atoms with Crippen molar-refractivity contribution in [1.82, 2.24) is 25.1 Å². The van der Waals surface area contributed by atoms with E-state index in [0.717, 1.165) is 48.4 Å². The van der Waals surface area contributed by atoms with Gasteiger partial charge < -0.3 is 24.8 Å².